The fourth-order valence-corrected chi connectivity index (χ4v) is 3.94. The average Bonchev–Trinajstić information content (AvgIpc) is 3.31. The van der Waals surface area contributed by atoms with Crippen molar-refractivity contribution in [3.05, 3.63) is 35.8 Å². The molecule has 4 rings (SSSR count). The average molecular weight is 356 g/mol. The van der Waals surface area contributed by atoms with Crippen LogP contribution in [-0.2, 0) is 11.3 Å². The minimum absolute atomic E-state index is 0.0259. The predicted octanol–water partition coefficient (Wildman–Crippen LogP) is 1.92. The van der Waals surface area contributed by atoms with Crippen molar-refractivity contribution in [3.8, 4) is 0 Å². The molecule has 1 N–H and O–H groups in total. The molecule has 1 unspecified atom stereocenters. The van der Waals surface area contributed by atoms with Crippen LogP contribution in [0.2, 0.25) is 0 Å². The van der Waals surface area contributed by atoms with E-state index >= 15 is 0 Å². The molecule has 0 radical (unpaired) electrons. The van der Waals surface area contributed by atoms with Gasteiger partial charge in [-0.05, 0) is 30.9 Å². The summed E-state index contributed by atoms with van der Waals surface area (Å²) in [7, 11) is 0. The van der Waals surface area contributed by atoms with Gasteiger partial charge >= 0.3 is 0 Å². The van der Waals surface area contributed by atoms with E-state index in [4.69, 9.17) is 0 Å². The highest BCUT2D eigenvalue weighted by Crippen LogP contribution is 2.24. The molecule has 8 heteroatoms. The molecule has 25 heavy (non-hydrogen) atoms. The van der Waals surface area contributed by atoms with Gasteiger partial charge in [0.05, 0.1) is 5.52 Å². The number of aromatic nitrogens is 4. The minimum atomic E-state index is -0.0259. The Labute approximate surface area is 149 Å². The summed E-state index contributed by atoms with van der Waals surface area (Å²) in [5, 5.41) is 14.3. The van der Waals surface area contributed by atoms with Gasteiger partial charge < -0.3 is 10.2 Å². The number of para-hydroxylation sites is 1. The number of rotatable bonds is 5. The van der Waals surface area contributed by atoms with E-state index in [0.29, 0.717) is 12.5 Å². The number of nitrogens with zero attached hydrogens (tertiary/aromatic N) is 5. The first-order valence-electron chi connectivity index (χ1n) is 8.49. The second-order valence-corrected chi connectivity index (χ2v) is 7.18. The maximum Gasteiger partial charge on any atom is 0.241 e. The Bertz CT molecular complexity index is 846. The SMILES string of the molecule is O=C(Cn1nnc2ccccc21)NCC1CCCN(c2nccs2)C1. The van der Waals surface area contributed by atoms with Crippen molar-refractivity contribution >= 4 is 33.4 Å². The van der Waals surface area contributed by atoms with Crippen LogP contribution in [0.25, 0.3) is 11.0 Å². The molecule has 0 spiro atoms. The molecule has 1 saturated heterocycles. The van der Waals surface area contributed by atoms with Gasteiger partial charge in [-0.2, -0.15) is 0 Å². The topological polar surface area (TPSA) is 75.9 Å². The summed E-state index contributed by atoms with van der Waals surface area (Å²) in [4.78, 5) is 19.0. The normalized spacial score (nSPS) is 17.8. The van der Waals surface area contributed by atoms with Crippen molar-refractivity contribution in [2.45, 2.75) is 19.4 Å². The molecular weight excluding hydrogens is 336 g/mol. The molecule has 130 valence electrons. The quantitative estimate of drug-likeness (QED) is 0.756. The summed E-state index contributed by atoms with van der Waals surface area (Å²) < 4.78 is 1.65. The van der Waals surface area contributed by atoms with E-state index in [9.17, 15) is 4.79 Å². The van der Waals surface area contributed by atoms with Gasteiger partial charge in [-0.1, -0.05) is 17.3 Å². The fourth-order valence-electron chi connectivity index (χ4n) is 3.26. The molecule has 1 aromatic carbocycles. The summed E-state index contributed by atoms with van der Waals surface area (Å²) >= 11 is 1.67. The Morgan fingerprint density at radius 1 is 1.36 bits per heavy atom. The lowest BCUT2D eigenvalue weighted by Gasteiger charge is -2.32. The van der Waals surface area contributed by atoms with Gasteiger partial charge in [-0.15, -0.1) is 16.4 Å². The molecule has 1 aliphatic heterocycles. The van der Waals surface area contributed by atoms with Crippen molar-refractivity contribution in [3.63, 3.8) is 0 Å². The Morgan fingerprint density at radius 3 is 3.16 bits per heavy atom. The number of amides is 1. The fraction of sp³-hybridized carbons (Fsp3) is 0.412. The summed E-state index contributed by atoms with van der Waals surface area (Å²) in [6.07, 6.45) is 4.11. The summed E-state index contributed by atoms with van der Waals surface area (Å²) in [5.41, 5.74) is 1.69. The molecule has 3 heterocycles. The number of thiazole rings is 1. The van der Waals surface area contributed by atoms with E-state index in [2.05, 4.69) is 25.5 Å². The summed E-state index contributed by atoms with van der Waals surface area (Å²) in [6, 6.07) is 7.66. The second kappa shape index (κ2) is 7.18. The standard InChI is InChI=1S/C17H20N6OS/c24-16(12-23-15-6-2-1-5-14(15)20-21-23)19-10-13-4-3-8-22(11-13)17-18-7-9-25-17/h1-2,5-7,9,13H,3-4,8,10-12H2,(H,19,24). The molecule has 1 amide bonds. The maximum absolute atomic E-state index is 12.3. The van der Waals surface area contributed by atoms with Crippen molar-refractivity contribution < 1.29 is 4.79 Å². The van der Waals surface area contributed by atoms with Crippen LogP contribution in [0.4, 0.5) is 5.13 Å². The number of fused-ring (bicyclic) bond motifs is 1. The molecule has 1 aliphatic rings. The van der Waals surface area contributed by atoms with Gasteiger partial charge in [0.15, 0.2) is 5.13 Å². The van der Waals surface area contributed by atoms with E-state index in [1.165, 1.54) is 0 Å². The summed E-state index contributed by atoms with van der Waals surface area (Å²) in [5.74, 6) is 0.427. The number of hydrogen-bond acceptors (Lipinski definition) is 6. The molecular formula is C17H20N6OS. The molecule has 0 aliphatic carbocycles. The van der Waals surface area contributed by atoms with Gasteiger partial charge in [-0.3, -0.25) is 4.79 Å². The van der Waals surface area contributed by atoms with Crippen LogP contribution in [0, 0.1) is 5.92 Å². The number of benzene rings is 1. The molecule has 1 atom stereocenters. The molecule has 1 fully saturated rings. The monoisotopic (exact) mass is 356 g/mol. The zero-order valence-electron chi connectivity index (χ0n) is 13.8. The first kappa shape index (κ1) is 16.0. The van der Waals surface area contributed by atoms with Gasteiger partial charge in [0.25, 0.3) is 0 Å². The zero-order chi connectivity index (χ0) is 17.1. The summed E-state index contributed by atoms with van der Waals surface area (Å²) in [6.45, 7) is 2.87. The van der Waals surface area contributed by atoms with Crippen LogP contribution in [-0.4, -0.2) is 45.5 Å². The largest absolute Gasteiger partial charge is 0.354 e. The van der Waals surface area contributed by atoms with E-state index in [1.54, 1.807) is 16.0 Å². The van der Waals surface area contributed by atoms with Crippen LogP contribution >= 0.6 is 11.3 Å². The van der Waals surface area contributed by atoms with Crippen molar-refractivity contribution in [2.75, 3.05) is 24.5 Å². The minimum Gasteiger partial charge on any atom is -0.354 e. The van der Waals surface area contributed by atoms with Crippen LogP contribution in [0.1, 0.15) is 12.8 Å². The van der Waals surface area contributed by atoms with Crippen LogP contribution < -0.4 is 10.2 Å². The molecule has 0 bridgehead atoms. The van der Waals surface area contributed by atoms with E-state index in [0.717, 1.165) is 42.1 Å². The molecule has 0 saturated carbocycles. The van der Waals surface area contributed by atoms with Gasteiger partial charge in [0, 0.05) is 31.2 Å². The van der Waals surface area contributed by atoms with Crippen molar-refractivity contribution in [1.29, 1.82) is 0 Å². The number of nitrogens with one attached hydrogen (secondary N) is 1. The van der Waals surface area contributed by atoms with Crippen LogP contribution in [0.5, 0.6) is 0 Å². The third-order valence-corrected chi connectivity index (χ3v) is 5.34. The van der Waals surface area contributed by atoms with Crippen LogP contribution in [0.3, 0.4) is 0 Å². The number of hydrogen-bond donors (Lipinski definition) is 1. The maximum atomic E-state index is 12.3. The molecule has 7 nitrogen and oxygen atoms in total. The Kier molecular flexibility index (Phi) is 4.60. The highest BCUT2D eigenvalue weighted by molar-refractivity contribution is 7.13. The lowest BCUT2D eigenvalue weighted by Crippen LogP contribution is -2.41. The lowest BCUT2D eigenvalue weighted by atomic mass is 9.98. The second-order valence-electron chi connectivity index (χ2n) is 6.31. The Balaban J connectivity index is 1.31. The number of anilines is 1. The van der Waals surface area contributed by atoms with Crippen LogP contribution in [0.15, 0.2) is 35.8 Å². The lowest BCUT2D eigenvalue weighted by molar-refractivity contribution is -0.122. The molecule has 3 aromatic rings. The van der Waals surface area contributed by atoms with Crippen molar-refractivity contribution in [1.82, 2.24) is 25.3 Å². The van der Waals surface area contributed by atoms with E-state index < -0.39 is 0 Å². The van der Waals surface area contributed by atoms with Gasteiger partial charge in [-0.25, -0.2) is 9.67 Å². The van der Waals surface area contributed by atoms with E-state index in [1.807, 2.05) is 35.8 Å². The van der Waals surface area contributed by atoms with Gasteiger partial charge in [0.1, 0.15) is 12.1 Å². The first-order chi connectivity index (χ1) is 12.3. The molecule has 2 aromatic heterocycles. The predicted molar refractivity (Wildman–Crippen MR) is 97.6 cm³/mol. The highest BCUT2D eigenvalue weighted by atomic mass is 32.1. The third kappa shape index (κ3) is 3.63. The number of carbonyl (C=O) groups excluding carboxylic acids is 1. The number of carbonyl (C=O) groups is 1. The zero-order valence-corrected chi connectivity index (χ0v) is 14.7. The first-order valence-corrected chi connectivity index (χ1v) is 9.37. The van der Waals surface area contributed by atoms with Gasteiger partial charge in [0.2, 0.25) is 5.91 Å². The number of piperidine rings is 1. The smallest absolute Gasteiger partial charge is 0.241 e. The Hall–Kier alpha value is -2.48. The van der Waals surface area contributed by atoms with Crippen molar-refractivity contribution in [2.24, 2.45) is 5.92 Å². The van der Waals surface area contributed by atoms with E-state index in [-0.39, 0.29) is 12.5 Å². The Morgan fingerprint density at radius 2 is 2.28 bits per heavy atom. The third-order valence-electron chi connectivity index (χ3n) is 4.51. The highest BCUT2D eigenvalue weighted by Gasteiger charge is 2.22.